The number of allylic oxidation sites excluding steroid dienone is 1. The maximum Gasteiger partial charge on any atom is 0.417 e. The molecule has 3 aromatic rings. The van der Waals surface area contributed by atoms with Crippen LogP contribution in [-0.4, -0.2) is 99.4 Å². The molecule has 0 aromatic heterocycles. The van der Waals surface area contributed by atoms with Gasteiger partial charge in [-0.25, -0.2) is 9.59 Å². The standard InChI is InChI=1S/C50H61N3O13/c1-6-8-24-61-49(57)53(30-32-15-19-42-44(25-32)63-31-62-42)45-29-40(52-60-5)37-26-33(13-9-11-21-54)36(14-10-12-22-55)46-38-27-35(17-20-41(38)66-50(45,47(37)46)64-23-7-2)65-48(56)51-39-18-16-34(58-3)28-43(39)59-4/h6-7,15-20,25-28,33,36,45-47,54-55H,1-2,8-14,21-24,29-31H2,3-5H3,(H,51,56). The number of hydrogen-bond acceptors (Lipinski definition) is 14. The third-order valence-electron chi connectivity index (χ3n) is 12.7. The quantitative estimate of drug-likeness (QED) is 0.0496. The summed E-state index contributed by atoms with van der Waals surface area (Å²) in [7, 11) is 4.53. The molecule has 2 aliphatic heterocycles. The van der Waals surface area contributed by atoms with Gasteiger partial charge in [0.05, 0.1) is 44.8 Å². The Labute approximate surface area is 385 Å². The number of nitrogens with zero attached hydrogens (tertiary/aromatic N) is 2. The second kappa shape index (κ2) is 22.3. The number of methoxy groups -OCH3 is 2. The largest absolute Gasteiger partial charge is 0.497 e. The zero-order valence-electron chi connectivity index (χ0n) is 37.9. The van der Waals surface area contributed by atoms with Crippen molar-refractivity contribution in [3.05, 3.63) is 103 Å². The number of nitrogens with one attached hydrogen (secondary N) is 1. The van der Waals surface area contributed by atoms with Crippen LogP contribution in [-0.2, 0) is 20.9 Å². The molecule has 0 saturated heterocycles. The lowest BCUT2D eigenvalue weighted by Crippen LogP contribution is -2.70. The van der Waals surface area contributed by atoms with Gasteiger partial charge in [0.25, 0.3) is 0 Å². The predicted octanol–water partition coefficient (Wildman–Crippen LogP) is 8.52. The van der Waals surface area contributed by atoms with Gasteiger partial charge >= 0.3 is 12.2 Å². The van der Waals surface area contributed by atoms with Crippen molar-refractivity contribution in [1.29, 1.82) is 0 Å². The average Bonchev–Trinajstić information content (AvgIpc) is 3.80. The van der Waals surface area contributed by atoms with Crippen LogP contribution in [0.2, 0.25) is 0 Å². The van der Waals surface area contributed by atoms with Gasteiger partial charge in [-0.15, -0.1) is 13.2 Å². The maximum absolute atomic E-state index is 14.7. The van der Waals surface area contributed by atoms with Crippen LogP contribution in [0.25, 0.3) is 0 Å². The zero-order valence-corrected chi connectivity index (χ0v) is 37.9. The molecule has 16 heteroatoms. The van der Waals surface area contributed by atoms with Crippen LogP contribution < -0.4 is 33.7 Å². The molecule has 6 unspecified atom stereocenters. The molecule has 66 heavy (non-hydrogen) atoms. The van der Waals surface area contributed by atoms with Crippen molar-refractivity contribution in [1.82, 2.24) is 4.90 Å². The topological polar surface area (TPSA) is 185 Å². The Morgan fingerprint density at radius 2 is 1.68 bits per heavy atom. The average molecular weight is 912 g/mol. The number of amides is 2. The number of fused-ring (bicyclic) bond motifs is 3. The Hall–Kier alpha value is -6.23. The van der Waals surface area contributed by atoms with Gasteiger partial charge in [-0.05, 0) is 97.5 Å². The fourth-order valence-electron chi connectivity index (χ4n) is 9.82. The number of hydrogen-bond donors (Lipinski definition) is 3. The first kappa shape index (κ1) is 47.7. The summed E-state index contributed by atoms with van der Waals surface area (Å²) in [5.41, 5.74) is 3.36. The SMILES string of the molecule is C=CCCOC(=O)N(Cc1ccc2c(c1)OCO2)C1CC(=NOC)C2=CC(CCCCO)C(CCCCO)C3c4cc(OC(=O)Nc5ccc(OC)cc5OC)ccc4OC1(OCC=C)C23. The normalized spacial score (nSPS) is 22.7. The number of benzene rings is 3. The Kier molecular flexibility index (Phi) is 16.1. The van der Waals surface area contributed by atoms with E-state index in [4.69, 9.17) is 42.7 Å². The van der Waals surface area contributed by atoms with Gasteiger partial charge < -0.3 is 52.9 Å². The highest BCUT2D eigenvalue weighted by Crippen LogP contribution is 2.62. The van der Waals surface area contributed by atoms with Gasteiger partial charge in [-0.3, -0.25) is 10.2 Å². The van der Waals surface area contributed by atoms with Crippen LogP contribution in [0, 0.1) is 17.8 Å². The first-order chi connectivity index (χ1) is 32.2. The van der Waals surface area contributed by atoms with E-state index in [9.17, 15) is 19.8 Å². The van der Waals surface area contributed by atoms with E-state index in [0.717, 1.165) is 36.0 Å². The second-order valence-corrected chi connectivity index (χ2v) is 16.5. The molecule has 3 N–H and O–H groups in total. The van der Waals surface area contributed by atoms with Crippen LogP contribution in [0.4, 0.5) is 15.3 Å². The number of aliphatic hydroxyl groups is 2. The van der Waals surface area contributed by atoms with E-state index >= 15 is 0 Å². The summed E-state index contributed by atoms with van der Waals surface area (Å²) in [5, 5.41) is 27.3. The van der Waals surface area contributed by atoms with Crippen molar-refractivity contribution in [2.24, 2.45) is 22.9 Å². The van der Waals surface area contributed by atoms with E-state index in [1.807, 2.05) is 24.3 Å². The van der Waals surface area contributed by atoms with Crippen molar-refractivity contribution in [3.63, 3.8) is 0 Å². The van der Waals surface area contributed by atoms with E-state index in [2.05, 4.69) is 29.7 Å². The lowest BCUT2D eigenvalue weighted by molar-refractivity contribution is -0.256. The molecule has 7 rings (SSSR count). The number of anilines is 1. The molecule has 2 heterocycles. The van der Waals surface area contributed by atoms with Crippen LogP contribution in [0.1, 0.15) is 68.4 Å². The molecule has 0 radical (unpaired) electrons. The molecule has 1 saturated carbocycles. The minimum Gasteiger partial charge on any atom is -0.497 e. The van der Waals surface area contributed by atoms with Crippen molar-refractivity contribution < 1.29 is 62.5 Å². The minimum absolute atomic E-state index is 0.0165. The number of aliphatic hydroxyl groups excluding tert-OH is 2. The summed E-state index contributed by atoms with van der Waals surface area (Å²) in [6, 6.07) is 15.0. The Morgan fingerprint density at radius 1 is 0.909 bits per heavy atom. The fourth-order valence-corrected chi connectivity index (χ4v) is 9.82. The molecule has 354 valence electrons. The van der Waals surface area contributed by atoms with E-state index in [1.165, 1.54) is 14.2 Å². The molecule has 4 aliphatic rings. The monoisotopic (exact) mass is 911 g/mol. The van der Waals surface area contributed by atoms with Crippen LogP contribution >= 0.6 is 0 Å². The van der Waals surface area contributed by atoms with Crippen molar-refractivity contribution >= 4 is 23.6 Å². The number of carbonyl (C=O) groups excluding carboxylic acids is 2. The van der Waals surface area contributed by atoms with Crippen molar-refractivity contribution in [3.8, 4) is 34.5 Å². The number of rotatable bonds is 22. The molecular weight excluding hydrogens is 851 g/mol. The molecule has 0 bridgehead atoms. The molecule has 2 aliphatic carbocycles. The molecule has 3 aromatic carbocycles. The highest BCUT2D eigenvalue weighted by atomic mass is 16.7. The van der Waals surface area contributed by atoms with Gasteiger partial charge in [0.2, 0.25) is 12.6 Å². The van der Waals surface area contributed by atoms with Gasteiger partial charge in [0, 0.05) is 43.7 Å². The molecule has 0 spiro atoms. The number of oxime groups is 1. The summed E-state index contributed by atoms with van der Waals surface area (Å²) in [5.74, 6) is 0.207. The second-order valence-electron chi connectivity index (χ2n) is 16.5. The first-order valence-electron chi connectivity index (χ1n) is 22.5. The van der Waals surface area contributed by atoms with E-state index in [0.29, 0.717) is 65.8 Å². The lowest BCUT2D eigenvalue weighted by Gasteiger charge is -2.59. The third kappa shape index (κ3) is 10.3. The Balaban J connectivity index is 1.39. The summed E-state index contributed by atoms with van der Waals surface area (Å²) in [6.45, 7) is 8.23. The zero-order chi connectivity index (χ0) is 46.6. The van der Waals surface area contributed by atoms with Gasteiger partial charge in [0.1, 0.15) is 36.1 Å². The van der Waals surface area contributed by atoms with Gasteiger partial charge in [-0.2, -0.15) is 0 Å². The molecule has 2 amide bonds. The lowest BCUT2D eigenvalue weighted by atomic mass is 9.55. The minimum atomic E-state index is -1.56. The number of unbranched alkanes of at least 4 members (excludes halogenated alkanes) is 2. The van der Waals surface area contributed by atoms with Crippen LogP contribution in [0.5, 0.6) is 34.5 Å². The molecular formula is C50H61N3O13. The van der Waals surface area contributed by atoms with Crippen molar-refractivity contribution in [2.45, 2.75) is 75.7 Å². The highest BCUT2D eigenvalue weighted by Gasteiger charge is 2.65. The number of carbonyl (C=O) groups is 2. The highest BCUT2D eigenvalue weighted by molar-refractivity contribution is 6.03. The van der Waals surface area contributed by atoms with Crippen LogP contribution in [0.15, 0.2) is 96.7 Å². The third-order valence-corrected chi connectivity index (χ3v) is 12.7. The van der Waals surface area contributed by atoms with E-state index < -0.39 is 29.9 Å². The first-order valence-corrected chi connectivity index (χ1v) is 22.5. The Morgan fingerprint density at radius 3 is 2.42 bits per heavy atom. The van der Waals surface area contributed by atoms with E-state index in [1.54, 1.807) is 54.5 Å². The summed E-state index contributed by atoms with van der Waals surface area (Å²) >= 11 is 0. The fraction of sp³-hybridized carbons (Fsp3) is 0.460. The van der Waals surface area contributed by atoms with Gasteiger partial charge in [0.15, 0.2) is 11.5 Å². The van der Waals surface area contributed by atoms with E-state index in [-0.39, 0.29) is 69.7 Å². The van der Waals surface area contributed by atoms with Gasteiger partial charge in [-0.1, -0.05) is 42.3 Å². The smallest absolute Gasteiger partial charge is 0.417 e. The maximum atomic E-state index is 14.7. The molecule has 1 fully saturated rings. The predicted molar refractivity (Wildman–Crippen MR) is 245 cm³/mol. The molecule has 6 atom stereocenters. The summed E-state index contributed by atoms with van der Waals surface area (Å²) < 4.78 is 48.5. The summed E-state index contributed by atoms with van der Waals surface area (Å²) in [4.78, 5) is 35.5. The van der Waals surface area contributed by atoms with Crippen LogP contribution in [0.3, 0.4) is 0 Å². The molecule has 16 nitrogen and oxygen atoms in total. The Bertz CT molecular complexity index is 2260. The van der Waals surface area contributed by atoms with Crippen molar-refractivity contribution in [2.75, 3.05) is 59.9 Å². The summed E-state index contributed by atoms with van der Waals surface area (Å²) in [6.07, 6.45) is 8.99. The number of ether oxygens (including phenoxy) is 8.